The molecule has 1 saturated heterocycles. The van der Waals surface area contributed by atoms with Crippen LogP contribution in [0.4, 0.5) is 0 Å². The molecule has 1 fully saturated rings. The second kappa shape index (κ2) is 4.75. The maximum absolute atomic E-state index is 5.69. The molecule has 0 spiro atoms. The van der Waals surface area contributed by atoms with E-state index in [0.29, 0.717) is 11.8 Å². The number of rotatable bonds is 2. The smallest absolute Gasteiger partial charge is 0.219 e. The van der Waals surface area contributed by atoms with Crippen molar-refractivity contribution in [3.8, 4) is 0 Å². The topological polar surface area (TPSA) is 51.0 Å². The predicted octanol–water partition coefficient (Wildman–Crippen LogP) is 2.05. The molecule has 15 heavy (non-hydrogen) atoms. The molecule has 0 aliphatic carbocycles. The van der Waals surface area contributed by atoms with Crippen LogP contribution in [0.15, 0.2) is 4.42 Å². The van der Waals surface area contributed by atoms with Crippen LogP contribution in [-0.4, -0.2) is 23.3 Å². The van der Waals surface area contributed by atoms with Crippen molar-refractivity contribution in [1.29, 1.82) is 0 Å². The molecule has 0 radical (unpaired) electrons. The lowest BCUT2D eigenvalue weighted by Crippen LogP contribution is -2.13. The minimum atomic E-state index is 0.329. The molecule has 1 aliphatic rings. The zero-order valence-electron chi connectivity index (χ0n) is 9.49. The summed E-state index contributed by atoms with van der Waals surface area (Å²) in [7, 11) is 0. The molecule has 0 aromatic carbocycles. The van der Waals surface area contributed by atoms with Gasteiger partial charge >= 0.3 is 0 Å². The highest BCUT2D eigenvalue weighted by Gasteiger charge is 2.20. The van der Waals surface area contributed by atoms with Gasteiger partial charge in [0, 0.05) is 11.8 Å². The highest BCUT2D eigenvalue weighted by atomic mass is 16.4. The summed E-state index contributed by atoms with van der Waals surface area (Å²) in [5.74, 6) is 2.39. The summed E-state index contributed by atoms with van der Waals surface area (Å²) in [5.41, 5.74) is 0. The van der Waals surface area contributed by atoms with Crippen LogP contribution in [0, 0.1) is 0 Å². The third-order valence-electron chi connectivity index (χ3n) is 2.88. The minimum absolute atomic E-state index is 0.329. The van der Waals surface area contributed by atoms with E-state index in [1.54, 1.807) is 0 Å². The van der Waals surface area contributed by atoms with Gasteiger partial charge in [-0.3, -0.25) is 0 Å². The van der Waals surface area contributed by atoms with Crippen molar-refractivity contribution in [3.05, 3.63) is 11.8 Å². The Bertz CT molecular complexity index is 301. The Labute approximate surface area is 90.5 Å². The van der Waals surface area contributed by atoms with Gasteiger partial charge in [-0.1, -0.05) is 13.8 Å². The Balaban J connectivity index is 2.06. The number of hydrogen-bond donors (Lipinski definition) is 1. The first-order chi connectivity index (χ1) is 7.27. The maximum Gasteiger partial charge on any atom is 0.219 e. The van der Waals surface area contributed by atoms with E-state index in [1.807, 2.05) is 0 Å². The van der Waals surface area contributed by atoms with Crippen LogP contribution in [0.2, 0.25) is 0 Å². The normalized spacial score (nSPS) is 23.0. The van der Waals surface area contributed by atoms with Crippen molar-refractivity contribution < 1.29 is 4.42 Å². The Morgan fingerprint density at radius 3 is 2.87 bits per heavy atom. The van der Waals surface area contributed by atoms with Gasteiger partial charge in [0.25, 0.3) is 0 Å². The largest absolute Gasteiger partial charge is 0.425 e. The second-order valence-electron chi connectivity index (χ2n) is 4.51. The van der Waals surface area contributed by atoms with E-state index in [0.717, 1.165) is 37.7 Å². The Morgan fingerprint density at radius 1 is 1.27 bits per heavy atom. The molecule has 4 heteroatoms. The highest BCUT2D eigenvalue weighted by Crippen LogP contribution is 2.26. The standard InChI is InChI=1S/C11H19N3O/c1-8(2)10-13-14-11(15-10)9-4-3-6-12-7-5-9/h8-9,12H,3-7H2,1-2H3. The lowest BCUT2D eigenvalue weighted by atomic mass is 10.0. The Kier molecular flexibility index (Phi) is 3.36. The highest BCUT2D eigenvalue weighted by molar-refractivity contribution is 4.95. The van der Waals surface area contributed by atoms with Crippen LogP contribution in [0.25, 0.3) is 0 Å². The molecule has 0 amide bonds. The average Bonchev–Trinajstić information content (AvgIpc) is 2.55. The molecule has 0 saturated carbocycles. The number of hydrogen-bond acceptors (Lipinski definition) is 4. The number of nitrogens with one attached hydrogen (secondary N) is 1. The van der Waals surface area contributed by atoms with Crippen molar-refractivity contribution in [1.82, 2.24) is 15.5 Å². The van der Waals surface area contributed by atoms with Crippen molar-refractivity contribution >= 4 is 0 Å². The van der Waals surface area contributed by atoms with Crippen molar-refractivity contribution in [2.75, 3.05) is 13.1 Å². The van der Waals surface area contributed by atoms with E-state index in [-0.39, 0.29) is 0 Å². The summed E-state index contributed by atoms with van der Waals surface area (Å²) >= 11 is 0. The molecule has 0 bridgehead atoms. The maximum atomic E-state index is 5.69. The van der Waals surface area contributed by atoms with Gasteiger partial charge in [0.2, 0.25) is 11.8 Å². The zero-order valence-corrected chi connectivity index (χ0v) is 9.49. The lowest BCUT2D eigenvalue weighted by Gasteiger charge is -2.07. The first kappa shape index (κ1) is 10.6. The number of aromatic nitrogens is 2. The van der Waals surface area contributed by atoms with E-state index in [2.05, 4.69) is 29.4 Å². The van der Waals surface area contributed by atoms with Crippen LogP contribution in [0.5, 0.6) is 0 Å². The van der Waals surface area contributed by atoms with Crippen LogP contribution < -0.4 is 5.32 Å². The minimum Gasteiger partial charge on any atom is -0.425 e. The molecule has 2 rings (SSSR count). The first-order valence-electron chi connectivity index (χ1n) is 5.81. The van der Waals surface area contributed by atoms with Crippen LogP contribution in [-0.2, 0) is 0 Å². The van der Waals surface area contributed by atoms with Gasteiger partial charge in [0.1, 0.15) is 0 Å². The van der Waals surface area contributed by atoms with Gasteiger partial charge in [-0.15, -0.1) is 10.2 Å². The lowest BCUT2D eigenvalue weighted by molar-refractivity contribution is 0.388. The molecule has 84 valence electrons. The van der Waals surface area contributed by atoms with Gasteiger partial charge < -0.3 is 9.73 Å². The Morgan fingerprint density at radius 2 is 2.13 bits per heavy atom. The summed E-state index contributed by atoms with van der Waals surface area (Å²) in [6, 6.07) is 0. The van der Waals surface area contributed by atoms with Crippen LogP contribution in [0.1, 0.15) is 56.7 Å². The molecule has 4 nitrogen and oxygen atoms in total. The zero-order chi connectivity index (χ0) is 10.7. The van der Waals surface area contributed by atoms with E-state index >= 15 is 0 Å². The summed E-state index contributed by atoms with van der Waals surface area (Å²) in [4.78, 5) is 0. The van der Waals surface area contributed by atoms with Crippen LogP contribution in [0.3, 0.4) is 0 Å². The molecule has 1 unspecified atom stereocenters. The fourth-order valence-corrected chi connectivity index (χ4v) is 1.91. The quantitative estimate of drug-likeness (QED) is 0.810. The first-order valence-corrected chi connectivity index (χ1v) is 5.81. The van der Waals surface area contributed by atoms with Crippen molar-refractivity contribution in [2.24, 2.45) is 0 Å². The fourth-order valence-electron chi connectivity index (χ4n) is 1.91. The molecular formula is C11H19N3O. The average molecular weight is 209 g/mol. The SMILES string of the molecule is CC(C)c1nnc(C2CCCNCC2)o1. The monoisotopic (exact) mass is 209 g/mol. The molecule has 1 atom stereocenters. The summed E-state index contributed by atoms with van der Waals surface area (Å²) in [6.07, 6.45) is 3.47. The van der Waals surface area contributed by atoms with Gasteiger partial charge in [-0.25, -0.2) is 0 Å². The number of nitrogens with zero attached hydrogens (tertiary/aromatic N) is 2. The summed E-state index contributed by atoms with van der Waals surface area (Å²) < 4.78 is 5.69. The van der Waals surface area contributed by atoms with Crippen LogP contribution >= 0.6 is 0 Å². The summed E-state index contributed by atoms with van der Waals surface area (Å²) in [5, 5.41) is 11.6. The molecule has 1 aromatic rings. The van der Waals surface area contributed by atoms with Crippen molar-refractivity contribution in [2.45, 2.75) is 44.9 Å². The van der Waals surface area contributed by atoms with E-state index in [4.69, 9.17) is 4.42 Å². The van der Waals surface area contributed by atoms with E-state index in [9.17, 15) is 0 Å². The van der Waals surface area contributed by atoms with Crippen molar-refractivity contribution in [3.63, 3.8) is 0 Å². The summed E-state index contributed by atoms with van der Waals surface area (Å²) in [6.45, 7) is 6.32. The van der Waals surface area contributed by atoms with Gasteiger partial charge in [-0.2, -0.15) is 0 Å². The molecule has 1 aromatic heterocycles. The second-order valence-corrected chi connectivity index (χ2v) is 4.51. The van der Waals surface area contributed by atoms with Gasteiger partial charge in [0.05, 0.1) is 0 Å². The molecular weight excluding hydrogens is 190 g/mol. The Hall–Kier alpha value is -0.900. The van der Waals surface area contributed by atoms with Gasteiger partial charge in [0.15, 0.2) is 0 Å². The fraction of sp³-hybridized carbons (Fsp3) is 0.818. The predicted molar refractivity (Wildman–Crippen MR) is 57.8 cm³/mol. The third-order valence-corrected chi connectivity index (χ3v) is 2.88. The third kappa shape index (κ3) is 2.56. The molecule has 1 N–H and O–H groups in total. The van der Waals surface area contributed by atoms with E-state index in [1.165, 1.54) is 6.42 Å². The molecule has 1 aliphatic heterocycles. The van der Waals surface area contributed by atoms with Gasteiger partial charge in [-0.05, 0) is 32.4 Å². The van der Waals surface area contributed by atoms with E-state index < -0.39 is 0 Å². The molecule has 2 heterocycles.